The van der Waals surface area contributed by atoms with Crippen LogP contribution in [0.25, 0.3) is 0 Å². The molecule has 0 spiro atoms. The van der Waals surface area contributed by atoms with Crippen LogP contribution in [-0.2, 0) is 19.5 Å². The van der Waals surface area contributed by atoms with E-state index in [-0.39, 0.29) is 5.91 Å². The van der Waals surface area contributed by atoms with Crippen LogP contribution < -0.4 is 15.8 Å². The lowest BCUT2D eigenvalue weighted by molar-refractivity contribution is 0.0999. The molecule has 0 fully saturated rings. The number of nitrogens with zero attached hydrogens (tertiary/aromatic N) is 1. The van der Waals surface area contributed by atoms with Gasteiger partial charge in [-0.1, -0.05) is 30.3 Å². The van der Waals surface area contributed by atoms with Crippen molar-refractivity contribution in [3.05, 3.63) is 81.7 Å². The molecule has 3 N–H and O–H groups in total. The van der Waals surface area contributed by atoms with Crippen LogP contribution in [0.5, 0.6) is 5.75 Å². The lowest BCUT2D eigenvalue weighted by Gasteiger charge is -2.27. The Bertz CT molecular complexity index is 1080. The lowest BCUT2D eigenvalue weighted by atomic mass is 10.0. The molecule has 0 bridgehead atoms. The smallest absolute Gasteiger partial charge is 0.256 e. The summed E-state index contributed by atoms with van der Waals surface area (Å²) in [7, 11) is 0. The predicted octanol–water partition coefficient (Wildman–Crippen LogP) is 4.06. The van der Waals surface area contributed by atoms with E-state index in [2.05, 4.69) is 22.3 Å². The Morgan fingerprint density at radius 1 is 1.13 bits per heavy atom. The van der Waals surface area contributed by atoms with Crippen molar-refractivity contribution in [3.8, 4) is 5.75 Å². The largest absolute Gasteiger partial charge is 0.494 e. The van der Waals surface area contributed by atoms with Crippen LogP contribution in [0.1, 0.15) is 43.6 Å². The normalized spacial score (nSPS) is 13.5. The van der Waals surface area contributed by atoms with Crippen LogP contribution in [0.15, 0.2) is 54.6 Å². The van der Waals surface area contributed by atoms with E-state index in [4.69, 9.17) is 10.5 Å². The number of fused-ring (bicyclic) bond motifs is 1. The molecular formula is C24H25N3O3S. The highest BCUT2D eigenvalue weighted by atomic mass is 32.1. The molecule has 4 rings (SSSR count). The first-order valence-corrected chi connectivity index (χ1v) is 11.1. The summed E-state index contributed by atoms with van der Waals surface area (Å²) in [5.74, 6) is -0.0664. The second kappa shape index (κ2) is 9.32. The molecule has 0 atom stereocenters. The van der Waals surface area contributed by atoms with E-state index in [0.29, 0.717) is 28.5 Å². The van der Waals surface area contributed by atoms with Gasteiger partial charge in [-0.25, -0.2) is 0 Å². The van der Waals surface area contributed by atoms with Gasteiger partial charge in [0.1, 0.15) is 10.8 Å². The number of thiophene rings is 1. The maximum absolute atomic E-state index is 12.8. The van der Waals surface area contributed by atoms with Gasteiger partial charge < -0.3 is 15.8 Å². The van der Waals surface area contributed by atoms with Gasteiger partial charge in [-0.15, -0.1) is 11.3 Å². The number of carbonyl (C=O) groups is 2. The summed E-state index contributed by atoms with van der Waals surface area (Å²) >= 11 is 1.44. The van der Waals surface area contributed by atoms with Gasteiger partial charge in [0.05, 0.1) is 12.2 Å². The van der Waals surface area contributed by atoms with Crippen molar-refractivity contribution in [1.82, 2.24) is 4.90 Å². The fraction of sp³-hybridized carbons (Fsp3) is 0.250. The average molecular weight is 436 g/mol. The van der Waals surface area contributed by atoms with Crippen LogP contribution in [0.2, 0.25) is 0 Å². The summed E-state index contributed by atoms with van der Waals surface area (Å²) in [6, 6.07) is 17.2. The third kappa shape index (κ3) is 4.78. The molecule has 2 heterocycles. The average Bonchev–Trinajstić information content (AvgIpc) is 3.12. The van der Waals surface area contributed by atoms with E-state index < -0.39 is 5.91 Å². The summed E-state index contributed by atoms with van der Waals surface area (Å²) in [5, 5.41) is 3.43. The van der Waals surface area contributed by atoms with Gasteiger partial charge in [-0.3, -0.25) is 14.5 Å². The SMILES string of the molecule is CCOc1ccc(C(=O)Nc2sc3c(c2C(N)=O)CCN(Cc2ccccc2)C3)cc1. The van der Waals surface area contributed by atoms with Crippen molar-refractivity contribution < 1.29 is 14.3 Å². The van der Waals surface area contributed by atoms with Crippen LogP contribution in [0.4, 0.5) is 5.00 Å². The van der Waals surface area contributed by atoms with E-state index in [1.807, 2.05) is 25.1 Å². The fourth-order valence-electron chi connectivity index (χ4n) is 3.83. The number of benzene rings is 2. The van der Waals surface area contributed by atoms with Crippen LogP contribution >= 0.6 is 11.3 Å². The number of ether oxygens (including phenoxy) is 1. The molecule has 1 aromatic heterocycles. The molecule has 2 amide bonds. The Hall–Kier alpha value is -3.16. The standard InChI is InChI=1S/C24H25N3O3S/c1-2-30-18-10-8-17(9-11-18)23(29)26-24-21(22(25)28)19-12-13-27(15-20(19)31-24)14-16-6-4-3-5-7-16/h3-11H,2,12-15H2,1H3,(H2,25,28)(H,26,29). The Kier molecular flexibility index (Phi) is 6.34. The highest BCUT2D eigenvalue weighted by molar-refractivity contribution is 7.17. The van der Waals surface area contributed by atoms with Crippen molar-refractivity contribution in [2.45, 2.75) is 26.4 Å². The highest BCUT2D eigenvalue weighted by Crippen LogP contribution is 2.37. The summed E-state index contributed by atoms with van der Waals surface area (Å²) in [6.07, 6.45) is 0.732. The van der Waals surface area contributed by atoms with E-state index in [9.17, 15) is 9.59 Å². The molecule has 160 valence electrons. The number of anilines is 1. The zero-order valence-electron chi connectivity index (χ0n) is 17.4. The first kappa shape index (κ1) is 21.1. The van der Waals surface area contributed by atoms with E-state index in [1.54, 1.807) is 24.3 Å². The lowest BCUT2D eigenvalue weighted by Crippen LogP contribution is -2.30. The Morgan fingerprint density at radius 3 is 2.55 bits per heavy atom. The summed E-state index contributed by atoms with van der Waals surface area (Å²) in [4.78, 5) is 28.4. The van der Waals surface area contributed by atoms with E-state index in [0.717, 1.165) is 36.5 Å². The zero-order chi connectivity index (χ0) is 21.8. The third-order valence-electron chi connectivity index (χ3n) is 5.29. The molecular weight excluding hydrogens is 410 g/mol. The van der Waals surface area contributed by atoms with Crippen LogP contribution in [0.3, 0.4) is 0 Å². The number of primary amides is 1. The molecule has 3 aromatic rings. The minimum Gasteiger partial charge on any atom is -0.494 e. The maximum atomic E-state index is 12.8. The monoisotopic (exact) mass is 435 g/mol. The Morgan fingerprint density at radius 2 is 1.87 bits per heavy atom. The topological polar surface area (TPSA) is 84.7 Å². The van der Waals surface area contributed by atoms with Crippen molar-refractivity contribution in [1.29, 1.82) is 0 Å². The third-order valence-corrected chi connectivity index (χ3v) is 6.42. The van der Waals surface area contributed by atoms with Gasteiger partial charge in [-0.2, -0.15) is 0 Å². The predicted molar refractivity (Wildman–Crippen MR) is 123 cm³/mol. The number of hydrogen-bond acceptors (Lipinski definition) is 5. The number of hydrogen-bond donors (Lipinski definition) is 2. The minimum absolute atomic E-state index is 0.273. The van der Waals surface area contributed by atoms with Crippen LogP contribution in [-0.4, -0.2) is 29.9 Å². The maximum Gasteiger partial charge on any atom is 0.256 e. The quantitative estimate of drug-likeness (QED) is 0.586. The molecule has 0 aliphatic carbocycles. The van der Waals surface area contributed by atoms with Gasteiger partial charge in [0, 0.05) is 30.1 Å². The van der Waals surface area contributed by atoms with E-state index >= 15 is 0 Å². The molecule has 0 saturated heterocycles. The molecule has 0 saturated carbocycles. The minimum atomic E-state index is -0.504. The summed E-state index contributed by atoms with van der Waals surface area (Å²) in [6.45, 7) is 4.89. The molecule has 31 heavy (non-hydrogen) atoms. The second-order valence-corrected chi connectivity index (χ2v) is 8.54. The van der Waals surface area contributed by atoms with E-state index in [1.165, 1.54) is 16.9 Å². The number of rotatable bonds is 7. The second-order valence-electron chi connectivity index (χ2n) is 7.43. The molecule has 7 heteroatoms. The summed E-state index contributed by atoms with van der Waals surface area (Å²) in [5.41, 5.74) is 8.85. The van der Waals surface area contributed by atoms with Gasteiger partial charge in [0.2, 0.25) is 0 Å². The molecule has 1 aliphatic heterocycles. The molecule has 0 radical (unpaired) electrons. The van der Waals surface area contributed by atoms with Gasteiger partial charge in [0.25, 0.3) is 11.8 Å². The van der Waals surface area contributed by atoms with Crippen molar-refractivity contribution in [2.75, 3.05) is 18.5 Å². The van der Waals surface area contributed by atoms with Gasteiger partial charge >= 0.3 is 0 Å². The fourth-order valence-corrected chi connectivity index (χ4v) is 5.12. The Balaban J connectivity index is 1.52. The number of nitrogens with one attached hydrogen (secondary N) is 1. The van der Waals surface area contributed by atoms with Gasteiger partial charge in [0.15, 0.2) is 0 Å². The molecule has 2 aromatic carbocycles. The number of carbonyl (C=O) groups excluding carboxylic acids is 2. The first-order valence-electron chi connectivity index (χ1n) is 10.3. The van der Waals surface area contributed by atoms with Crippen molar-refractivity contribution in [3.63, 3.8) is 0 Å². The highest BCUT2D eigenvalue weighted by Gasteiger charge is 2.28. The summed E-state index contributed by atoms with van der Waals surface area (Å²) < 4.78 is 5.42. The van der Waals surface area contributed by atoms with Crippen molar-refractivity contribution >= 4 is 28.2 Å². The molecule has 6 nitrogen and oxygen atoms in total. The number of amides is 2. The molecule has 1 aliphatic rings. The van der Waals surface area contributed by atoms with Crippen molar-refractivity contribution in [2.24, 2.45) is 5.73 Å². The zero-order valence-corrected chi connectivity index (χ0v) is 18.2. The first-order chi connectivity index (χ1) is 15.0. The molecule has 0 unspecified atom stereocenters. The van der Waals surface area contributed by atoms with Gasteiger partial charge in [-0.05, 0) is 48.7 Å². The van der Waals surface area contributed by atoms with Crippen LogP contribution in [0, 0.1) is 0 Å². The number of nitrogens with two attached hydrogens (primary N) is 1. The Labute approximate surface area is 185 Å².